The van der Waals surface area contributed by atoms with Crippen LogP contribution in [0.2, 0.25) is 5.02 Å². The molecule has 2 rings (SSSR count). The van der Waals surface area contributed by atoms with Crippen molar-refractivity contribution in [3.63, 3.8) is 0 Å². The molecule has 110 valence electrons. The van der Waals surface area contributed by atoms with Crippen LogP contribution in [-0.4, -0.2) is 18.0 Å². The molecule has 0 atom stereocenters. The number of ether oxygens (including phenoxy) is 1. The third-order valence-corrected chi connectivity index (χ3v) is 3.28. The van der Waals surface area contributed by atoms with E-state index in [0.717, 1.165) is 0 Å². The van der Waals surface area contributed by atoms with E-state index in [2.05, 4.69) is 0 Å². The number of halogens is 1. The minimum atomic E-state index is -0.201. The van der Waals surface area contributed by atoms with Crippen LogP contribution in [0.3, 0.4) is 0 Å². The lowest BCUT2D eigenvalue weighted by Crippen LogP contribution is -1.94. The molecule has 0 saturated heterocycles. The van der Waals surface area contributed by atoms with Crippen molar-refractivity contribution in [3.05, 3.63) is 64.2 Å². The van der Waals surface area contributed by atoms with E-state index in [1.54, 1.807) is 36.4 Å². The Kier molecular flexibility index (Phi) is 4.82. The second kappa shape index (κ2) is 6.79. The highest BCUT2D eigenvalue weighted by atomic mass is 35.5. The van der Waals surface area contributed by atoms with Gasteiger partial charge in [-0.15, -0.1) is 0 Å². The standard InChI is InChI=1S/C17H12ClNO3/c1-22-16-9-12(8-14(18)17(16)21)4-7-15(20)13-5-2-11(10-19)3-6-13/h2-9,21H,1H3/b7-4+. The number of rotatable bonds is 4. The van der Waals surface area contributed by atoms with E-state index in [4.69, 9.17) is 21.6 Å². The predicted octanol–water partition coefficient (Wildman–Crippen LogP) is 3.82. The molecule has 0 radical (unpaired) electrons. The quantitative estimate of drug-likeness (QED) is 0.688. The summed E-state index contributed by atoms with van der Waals surface area (Å²) < 4.78 is 5.00. The Morgan fingerprint density at radius 3 is 2.59 bits per heavy atom. The molecule has 0 aliphatic carbocycles. The second-order valence-electron chi connectivity index (χ2n) is 4.44. The maximum atomic E-state index is 12.0. The van der Waals surface area contributed by atoms with Gasteiger partial charge in [0, 0.05) is 5.56 Å². The largest absolute Gasteiger partial charge is 0.503 e. The number of nitriles is 1. The summed E-state index contributed by atoms with van der Waals surface area (Å²) in [7, 11) is 1.42. The van der Waals surface area contributed by atoms with Crippen molar-refractivity contribution in [2.75, 3.05) is 7.11 Å². The zero-order valence-corrected chi connectivity index (χ0v) is 12.5. The van der Waals surface area contributed by atoms with Crippen LogP contribution in [0, 0.1) is 11.3 Å². The van der Waals surface area contributed by atoms with Crippen molar-refractivity contribution in [2.45, 2.75) is 0 Å². The van der Waals surface area contributed by atoms with Gasteiger partial charge in [-0.05, 0) is 48.0 Å². The number of carbonyl (C=O) groups is 1. The molecule has 22 heavy (non-hydrogen) atoms. The van der Waals surface area contributed by atoms with E-state index >= 15 is 0 Å². The van der Waals surface area contributed by atoms with E-state index in [1.165, 1.54) is 19.3 Å². The highest BCUT2D eigenvalue weighted by Gasteiger charge is 2.08. The topological polar surface area (TPSA) is 70.3 Å². The smallest absolute Gasteiger partial charge is 0.185 e. The number of methoxy groups -OCH3 is 1. The maximum Gasteiger partial charge on any atom is 0.185 e. The van der Waals surface area contributed by atoms with Crippen molar-refractivity contribution in [3.8, 4) is 17.6 Å². The molecular weight excluding hydrogens is 302 g/mol. The molecule has 0 fully saturated rings. The number of phenols is 1. The number of hydrogen-bond donors (Lipinski definition) is 1. The number of aromatic hydroxyl groups is 1. The first kappa shape index (κ1) is 15.6. The number of phenolic OH excluding ortho intramolecular Hbond substituents is 1. The van der Waals surface area contributed by atoms with Crippen LogP contribution >= 0.6 is 11.6 Å². The lowest BCUT2D eigenvalue weighted by Gasteiger charge is -2.06. The van der Waals surface area contributed by atoms with Crippen molar-refractivity contribution >= 4 is 23.5 Å². The van der Waals surface area contributed by atoms with Crippen LogP contribution in [0.1, 0.15) is 21.5 Å². The third kappa shape index (κ3) is 3.46. The van der Waals surface area contributed by atoms with E-state index in [1.807, 2.05) is 6.07 Å². The van der Waals surface area contributed by atoms with Crippen molar-refractivity contribution < 1.29 is 14.6 Å². The van der Waals surface area contributed by atoms with Gasteiger partial charge in [-0.2, -0.15) is 5.26 Å². The van der Waals surface area contributed by atoms with E-state index < -0.39 is 0 Å². The number of allylic oxidation sites excluding steroid dienone is 1. The van der Waals surface area contributed by atoms with Gasteiger partial charge in [0.25, 0.3) is 0 Å². The zero-order chi connectivity index (χ0) is 16.1. The Balaban J connectivity index is 2.22. The first-order valence-electron chi connectivity index (χ1n) is 6.34. The molecular formula is C17H12ClNO3. The summed E-state index contributed by atoms with van der Waals surface area (Å²) in [6.45, 7) is 0. The minimum absolute atomic E-state index is 0.139. The number of nitrogens with zero attached hydrogens (tertiary/aromatic N) is 1. The van der Waals surface area contributed by atoms with Gasteiger partial charge >= 0.3 is 0 Å². The molecule has 0 unspecified atom stereocenters. The zero-order valence-electron chi connectivity index (χ0n) is 11.7. The number of benzene rings is 2. The molecule has 0 spiro atoms. The Labute approximate surface area is 132 Å². The molecule has 0 heterocycles. The fourth-order valence-corrected chi connectivity index (χ4v) is 2.04. The third-order valence-electron chi connectivity index (χ3n) is 3.00. The Hall–Kier alpha value is -2.77. The number of carbonyl (C=O) groups excluding carboxylic acids is 1. The lowest BCUT2D eigenvalue weighted by molar-refractivity contribution is 0.104. The molecule has 2 aromatic carbocycles. The van der Waals surface area contributed by atoms with E-state index in [-0.39, 0.29) is 22.3 Å². The Morgan fingerprint density at radius 1 is 1.32 bits per heavy atom. The van der Waals surface area contributed by atoms with Gasteiger partial charge in [0.05, 0.1) is 23.8 Å². The summed E-state index contributed by atoms with van der Waals surface area (Å²) in [4.78, 5) is 12.0. The summed E-state index contributed by atoms with van der Waals surface area (Å²) in [5.74, 6) is -0.106. The van der Waals surface area contributed by atoms with E-state index in [0.29, 0.717) is 16.7 Å². The molecule has 0 aromatic heterocycles. The van der Waals surface area contributed by atoms with Crippen molar-refractivity contribution in [1.82, 2.24) is 0 Å². The highest BCUT2D eigenvalue weighted by molar-refractivity contribution is 6.32. The lowest BCUT2D eigenvalue weighted by atomic mass is 10.1. The maximum absolute atomic E-state index is 12.0. The normalized spacial score (nSPS) is 10.4. The fourth-order valence-electron chi connectivity index (χ4n) is 1.82. The first-order chi connectivity index (χ1) is 10.5. The number of hydrogen-bond acceptors (Lipinski definition) is 4. The monoisotopic (exact) mass is 313 g/mol. The van der Waals surface area contributed by atoms with Gasteiger partial charge in [-0.1, -0.05) is 17.7 Å². The summed E-state index contributed by atoms with van der Waals surface area (Å²) in [5, 5.41) is 18.5. The molecule has 0 bridgehead atoms. The molecule has 2 aromatic rings. The van der Waals surface area contributed by atoms with E-state index in [9.17, 15) is 9.90 Å². The average molecular weight is 314 g/mol. The second-order valence-corrected chi connectivity index (χ2v) is 4.85. The number of ketones is 1. The molecule has 4 nitrogen and oxygen atoms in total. The molecule has 0 saturated carbocycles. The molecule has 0 aliphatic heterocycles. The molecule has 0 amide bonds. The SMILES string of the molecule is COc1cc(/C=C/C(=O)c2ccc(C#N)cc2)cc(Cl)c1O. The van der Waals surface area contributed by atoms with Crippen LogP contribution in [0.4, 0.5) is 0 Å². The summed E-state index contributed by atoms with van der Waals surface area (Å²) >= 11 is 5.88. The summed E-state index contributed by atoms with van der Waals surface area (Å²) in [5.41, 5.74) is 1.60. The Bertz CT molecular complexity index is 774. The molecule has 0 aliphatic rings. The highest BCUT2D eigenvalue weighted by Crippen LogP contribution is 2.35. The van der Waals surface area contributed by atoms with Crippen molar-refractivity contribution in [2.24, 2.45) is 0 Å². The molecule has 5 heteroatoms. The van der Waals surface area contributed by atoms with Crippen molar-refractivity contribution in [1.29, 1.82) is 5.26 Å². The Morgan fingerprint density at radius 2 is 2.00 bits per heavy atom. The van der Waals surface area contributed by atoms with Crippen LogP contribution in [0.25, 0.3) is 6.08 Å². The van der Waals surface area contributed by atoms with Crippen LogP contribution < -0.4 is 4.74 Å². The molecule has 1 N–H and O–H groups in total. The minimum Gasteiger partial charge on any atom is -0.503 e. The van der Waals surface area contributed by atoms with Gasteiger partial charge in [-0.3, -0.25) is 4.79 Å². The summed E-state index contributed by atoms with van der Waals surface area (Å²) in [6, 6.07) is 11.5. The fraction of sp³-hybridized carbons (Fsp3) is 0.0588. The first-order valence-corrected chi connectivity index (χ1v) is 6.72. The average Bonchev–Trinajstić information content (AvgIpc) is 2.55. The van der Waals surface area contributed by atoms with Crippen LogP contribution in [0.5, 0.6) is 11.5 Å². The van der Waals surface area contributed by atoms with Gasteiger partial charge in [0.2, 0.25) is 0 Å². The van der Waals surface area contributed by atoms with Crippen LogP contribution in [-0.2, 0) is 0 Å². The predicted molar refractivity (Wildman–Crippen MR) is 84.2 cm³/mol. The van der Waals surface area contributed by atoms with Gasteiger partial charge in [0.15, 0.2) is 17.3 Å². The van der Waals surface area contributed by atoms with Crippen LogP contribution in [0.15, 0.2) is 42.5 Å². The van der Waals surface area contributed by atoms with Gasteiger partial charge < -0.3 is 9.84 Å². The summed E-state index contributed by atoms with van der Waals surface area (Å²) in [6.07, 6.45) is 2.97. The van der Waals surface area contributed by atoms with Gasteiger partial charge in [0.1, 0.15) is 0 Å². The van der Waals surface area contributed by atoms with Gasteiger partial charge in [-0.25, -0.2) is 0 Å².